The van der Waals surface area contributed by atoms with Crippen molar-refractivity contribution in [2.45, 2.75) is 19.3 Å². The van der Waals surface area contributed by atoms with Crippen LogP contribution in [0.2, 0.25) is 0 Å². The average Bonchev–Trinajstić information content (AvgIpc) is 2.94. The Morgan fingerprint density at radius 1 is 1.08 bits per heavy atom. The lowest BCUT2D eigenvalue weighted by Gasteiger charge is -2.41. The molecule has 2 atom stereocenters. The molecule has 2 aliphatic rings. The summed E-state index contributed by atoms with van der Waals surface area (Å²) in [5.74, 6) is 0.281. The van der Waals surface area contributed by atoms with Crippen molar-refractivity contribution in [3.8, 4) is 5.75 Å². The molecule has 134 valence electrons. The molecule has 1 fully saturated rings. The molecule has 0 aromatic heterocycles. The highest BCUT2D eigenvalue weighted by Gasteiger charge is 2.53. The van der Waals surface area contributed by atoms with Crippen molar-refractivity contribution < 1.29 is 14.3 Å². The molecule has 2 heterocycles. The van der Waals surface area contributed by atoms with Crippen LogP contribution in [0.3, 0.4) is 0 Å². The van der Waals surface area contributed by atoms with Crippen molar-refractivity contribution in [1.82, 2.24) is 4.90 Å². The lowest BCUT2D eigenvalue weighted by molar-refractivity contribution is -0.126. The van der Waals surface area contributed by atoms with Gasteiger partial charge in [-0.15, -0.1) is 0 Å². The van der Waals surface area contributed by atoms with E-state index in [0.717, 1.165) is 11.4 Å². The molecular weight excluding hydrogens is 332 g/mol. The maximum atomic E-state index is 13.2. The van der Waals surface area contributed by atoms with Crippen molar-refractivity contribution in [3.05, 3.63) is 48.5 Å². The molecule has 2 aromatic rings. The fraction of sp³-hybridized carbons (Fsp3) is 0.263. The number of fused-ring (bicyclic) bond motifs is 2. The van der Waals surface area contributed by atoms with Gasteiger partial charge >= 0.3 is 6.03 Å². The van der Waals surface area contributed by atoms with E-state index in [-0.39, 0.29) is 11.9 Å². The highest BCUT2D eigenvalue weighted by atomic mass is 16.5. The van der Waals surface area contributed by atoms with E-state index < -0.39 is 12.3 Å². The number of urea groups is 1. The Kier molecular flexibility index (Phi) is 3.72. The van der Waals surface area contributed by atoms with Gasteiger partial charge in [0.15, 0.2) is 6.17 Å². The number of imide groups is 1. The number of methoxy groups -OCH3 is 1. The molecule has 0 radical (unpaired) electrons. The molecular formula is C19H20N4O3. The third-order valence-electron chi connectivity index (χ3n) is 4.91. The van der Waals surface area contributed by atoms with Crippen LogP contribution in [0, 0.1) is 0 Å². The summed E-state index contributed by atoms with van der Waals surface area (Å²) in [7, 11) is 3.46. The third kappa shape index (κ3) is 2.20. The van der Waals surface area contributed by atoms with Crippen molar-refractivity contribution >= 4 is 29.0 Å². The van der Waals surface area contributed by atoms with Crippen LogP contribution in [0.1, 0.15) is 6.92 Å². The number of benzene rings is 2. The molecule has 0 spiro atoms. The van der Waals surface area contributed by atoms with Crippen LogP contribution in [0.5, 0.6) is 5.75 Å². The fourth-order valence-corrected chi connectivity index (χ4v) is 3.75. The summed E-state index contributed by atoms with van der Waals surface area (Å²) >= 11 is 0. The number of rotatable bonds is 2. The monoisotopic (exact) mass is 352 g/mol. The minimum atomic E-state index is -0.459. The van der Waals surface area contributed by atoms with Crippen LogP contribution in [0.25, 0.3) is 0 Å². The molecule has 7 heteroatoms. The first-order valence-electron chi connectivity index (χ1n) is 8.39. The van der Waals surface area contributed by atoms with E-state index in [0.29, 0.717) is 11.4 Å². The second-order valence-electron chi connectivity index (χ2n) is 6.34. The first-order valence-corrected chi connectivity index (χ1v) is 8.39. The summed E-state index contributed by atoms with van der Waals surface area (Å²) in [6.45, 7) is 1.41. The van der Waals surface area contributed by atoms with Crippen LogP contribution in [0.15, 0.2) is 48.5 Å². The summed E-state index contributed by atoms with van der Waals surface area (Å²) in [4.78, 5) is 30.3. The number of nitrogens with zero attached hydrogens (tertiary/aromatic N) is 3. The zero-order valence-electron chi connectivity index (χ0n) is 14.8. The Morgan fingerprint density at radius 3 is 2.42 bits per heavy atom. The van der Waals surface area contributed by atoms with Crippen LogP contribution >= 0.6 is 0 Å². The molecule has 0 bridgehead atoms. The van der Waals surface area contributed by atoms with Gasteiger partial charge in [-0.1, -0.05) is 24.3 Å². The van der Waals surface area contributed by atoms with Gasteiger partial charge in [0.25, 0.3) is 0 Å². The number of hydrogen-bond donors (Lipinski definition) is 1. The Hall–Kier alpha value is -3.22. The lowest BCUT2D eigenvalue weighted by atomic mass is 10.1. The van der Waals surface area contributed by atoms with E-state index in [1.165, 1.54) is 11.8 Å². The molecule has 0 saturated carbocycles. The molecule has 3 amide bonds. The predicted molar refractivity (Wildman–Crippen MR) is 99.4 cm³/mol. The maximum Gasteiger partial charge on any atom is 0.335 e. The second kappa shape index (κ2) is 5.94. The highest BCUT2D eigenvalue weighted by molar-refractivity contribution is 6.07. The summed E-state index contributed by atoms with van der Waals surface area (Å²) in [6.07, 6.45) is -0.887. The van der Waals surface area contributed by atoms with Gasteiger partial charge in [0, 0.05) is 14.0 Å². The van der Waals surface area contributed by atoms with Crippen LogP contribution in [-0.2, 0) is 4.79 Å². The van der Waals surface area contributed by atoms with E-state index >= 15 is 0 Å². The van der Waals surface area contributed by atoms with Crippen molar-refractivity contribution in [2.75, 3.05) is 29.3 Å². The summed E-state index contributed by atoms with van der Waals surface area (Å²) < 4.78 is 5.44. The SMILES string of the molecule is COc1ccccc1N1C(=O)N(C(C)=O)[C@@H]2[C@@H]1Nc1ccccc1N2C. The van der Waals surface area contributed by atoms with Gasteiger partial charge in [-0.25, -0.2) is 9.69 Å². The molecule has 1 saturated heterocycles. The number of para-hydroxylation sites is 4. The zero-order chi connectivity index (χ0) is 18.4. The second-order valence-corrected chi connectivity index (χ2v) is 6.34. The third-order valence-corrected chi connectivity index (χ3v) is 4.91. The Labute approximate surface area is 151 Å². The predicted octanol–water partition coefficient (Wildman–Crippen LogP) is 2.70. The van der Waals surface area contributed by atoms with E-state index in [1.54, 1.807) is 18.1 Å². The molecule has 1 N–H and O–H groups in total. The number of amides is 3. The molecule has 26 heavy (non-hydrogen) atoms. The van der Waals surface area contributed by atoms with Gasteiger partial charge in [0.1, 0.15) is 11.9 Å². The molecule has 0 aliphatic carbocycles. The number of carbonyl (C=O) groups excluding carboxylic acids is 2. The maximum absolute atomic E-state index is 13.2. The van der Waals surface area contributed by atoms with Crippen LogP contribution in [-0.4, -0.2) is 43.3 Å². The fourth-order valence-electron chi connectivity index (χ4n) is 3.75. The molecule has 4 rings (SSSR count). The number of hydrogen-bond acceptors (Lipinski definition) is 5. The number of anilines is 3. The quantitative estimate of drug-likeness (QED) is 0.900. The van der Waals surface area contributed by atoms with Crippen LogP contribution in [0.4, 0.5) is 21.9 Å². The lowest BCUT2D eigenvalue weighted by Crippen LogP contribution is -2.56. The van der Waals surface area contributed by atoms with Gasteiger partial charge in [-0.3, -0.25) is 9.69 Å². The largest absolute Gasteiger partial charge is 0.495 e. The van der Waals surface area contributed by atoms with E-state index in [9.17, 15) is 9.59 Å². The normalized spacial score (nSPS) is 21.2. The Morgan fingerprint density at radius 2 is 1.73 bits per heavy atom. The zero-order valence-corrected chi connectivity index (χ0v) is 14.8. The summed E-state index contributed by atoms with van der Waals surface area (Å²) in [5, 5.41) is 3.42. The highest BCUT2D eigenvalue weighted by Crippen LogP contribution is 2.42. The van der Waals surface area contributed by atoms with E-state index in [4.69, 9.17) is 4.74 Å². The first-order chi connectivity index (χ1) is 12.5. The van der Waals surface area contributed by atoms with Gasteiger partial charge in [0.2, 0.25) is 5.91 Å². The van der Waals surface area contributed by atoms with Crippen molar-refractivity contribution in [2.24, 2.45) is 0 Å². The van der Waals surface area contributed by atoms with Gasteiger partial charge in [-0.05, 0) is 24.3 Å². The summed E-state index contributed by atoms with van der Waals surface area (Å²) in [6, 6.07) is 14.7. The molecule has 0 unspecified atom stereocenters. The average molecular weight is 352 g/mol. The molecule has 2 aromatic carbocycles. The topological polar surface area (TPSA) is 65.1 Å². The summed E-state index contributed by atoms with van der Waals surface area (Å²) in [5.41, 5.74) is 2.48. The molecule has 7 nitrogen and oxygen atoms in total. The Balaban J connectivity index is 1.87. The van der Waals surface area contributed by atoms with Crippen LogP contribution < -0.4 is 19.9 Å². The van der Waals surface area contributed by atoms with E-state index in [2.05, 4.69) is 5.32 Å². The number of ether oxygens (including phenoxy) is 1. The van der Waals surface area contributed by atoms with Gasteiger partial charge in [-0.2, -0.15) is 0 Å². The minimum absolute atomic E-state index is 0.296. The smallest absolute Gasteiger partial charge is 0.335 e. The Bertz CT molecular complexity index is 885. The van der Waals surface area contributed by atoms with Gasteiger partial charge in [0.05, 0.1) is 24.2 Å². The minimum Gasteiger partial charge on any atom is -0.495 e. The van der Waals surface area contributed by atoms with Crippen molar-refractivity contribution in [1.29, 1.82) is 0 Å². The van der Waals surface area contributed by atoms with Gasteiger partial charge < -0.3 is 15.0 Å². The molecule has 2 aliphatic heterocycles. The van der Waals surface area contributed by atoms with Crippen molar-refractivity contribution in [3.63, 3.8) is 0 Å². The number of carbonyl (C=O) groups is 2. The number of nitrogens with one attached hydrogen (secondary N) is 1. The van der Waals surface area contributed by atoms with E-state index in [1.807, 2.05) is 54.4 Å². The standard InChI is InChI=1S/C19H20N4O3/c1-12(24)22-18-17(20-13-8-4-5-9-14(13)21(18)2)23(19(22)25)15-10-6-7-11-16(15)26-3/h4-11,17-18,20H,1-3H3/t17-,18-/m1/s1. The number of likely N-dealkylation sites (N-methyl/N-ethyl adjacent to an activating group) is 1. The first kappa shape index (κ1) is 16.3.